The van der Waals surface area contributed by atoms with E-state index in [9.17, 15) is 4.79 Å². The summed E-state index contributed by atoms with van der Waals surface area (Å²) in [6, 6.07) is 10.3. The molecule has 2 amide bonds. The van der Waals surface area contributed by atoms with Crippen LogP contribution < -0.4 is 10.8 Å². The molecule has 1 aromatic carbocycles. The van der Waals surface area contributed by atoms with Crippen LogP contribution in [0.25, 0.3) is 0 Å². The Morgan fingerprint density at radius 2 is 2.12 bits per heavy atom. The van der Waals surface area contributed by atoms with E-state index < -0.39 is 0 Å². The lowest BCUT2D eigenvalue weighted by atomic mass is 10.1. The van der Waals surface area contributed by atoms with E-state index in [2.05, 4.69) is 46.0 Å². The number of carbonyl (C=O) groups excluding carboxylic acids is 1. The van der Waals surface area contributed by atoms with E-state index in [4.69, 9.17) is 9.57 Å². The molecule has 138 valence electrons. The molecule has 0 aromatic heterocycles. The van der Waals surface area contributed by atoms with Crippen molar-refractivity contribution in [3.05, 3.63) is 35.9 Å². The van der Waals surface area contributed by atoms with Crippen molar-refractivity contribution in [1.82, 2.24) is 15.7 Å². The van der Waals surface area contributed by atoms with Crippen molar-refractivity contribution in [2.75, 3.05) is 32.8 Å². The number of rotatable bonds is 7. The fourth-order valence-corrected chi connectivity index (χ4v) is 3.41. The van der Waals surface area contributed by atoms with Gasteiger partial charge in [-0.05, 0) is 43.7 Å². The Morgan fingerprint density at radius 3 is 2.92 bits per heavy atom. The minimum atomic E-state index is -0.306. The number of benzene rings is 1. The molecule has 0 spiro atoms. The lowest BCUT2D eigenvalue weighted by Crippen LogP contribution is -2.41. The molecule has 0 aliphatic carbocycles. The van der Waals surface area contributed by atoms with Crippen molar-refractivity contribution in [3.63, 3.8) is 0 Å². The maximum absolute atomic E-state index is 11.8. The van der Waals surface area contributed by atoms with Crippen LogP contribution in [0.15, 0.2) is 30.3 Å². The van der Waals surface area contributed by atoms with Crippen LogP contribution in [-0.2, 0) is 16.0 Å². The third kappa shape index (κ3) is 6.30. The summed E-state index contributed by atoms with van der Waals surface area (Å²) in [4.78, 5) is 19.6. The van der Waals surface area contributed by atoms with Gasteiger partial charge in [0.25, 0.3) is 0 Å². The summed E-state index contributed by atoms with van der Waals surface area (Å²) in [5.74, 6) is 0.507. The Balaban J connectivity index is 1.27. The molecule has 2 unspecified atom stereocenters. The van der Waals surface area contributed by atoms with Crippen LogP contribution in [-0.4, -0.2) is 50.0 Å². The van der Waals surface area contributed by atoms with Crippen molar-refractivity contribution >= 4 is 6.03 Å². The molecule has 2 aliphatic heterocycles. The van der Waals surface area contributed by atoms with Gasteiger partial charge in [-0.2, -0.15) is 0 Å². The van der Waals surface area contributed by atoms with Gasteiger partial charge in [0.15, 0.2) is 6.29 Å². The molecule has 0 saturated carbocycles. The zero-order chi connectivity index (χ0) is 17.3. The SMILES string of the molecule is O=C(NCC1CCN(CCc2ccccc2)C1)NOC1CCCCO1. The van der Waals surface area contributed by atoms with Crippen LogP contribution in [0, 0.1) is 5.92 Å². The molecule has 2 saturated heterocycles. The summed E-state index contributed by atoms with van der Waals surface area (Å²) >= 11 is 0. The number of carbonyl (C=O) groups is 1. The quantitative estimate of drug-likeness (QED) is 0.743. The first-order chi connectivity index (χ1) is 12.3. The largest absolute Gasteiger partial charge is 0.350 e. The van der Waals surface area contributed by atoms with Crippen LogP contribution in [0.4, 0.5) is 4.79 Å². The summed E-state index contributed by atoms with van der Waals surface area (Å²) in [5.41, 5.74) is 3.83. The lowest BCUT2D eigenvalue weighted by Gasteiger charge is -2.22. The first kappa shape index (κ1) is 18.2. The Hall–Kier alpha value is -1.63. The van der Waals surface area contributed by atoms with Crippen LogP contribution in [0.2, 0.25) is 0 Å². The number of hydroxylamine groups is 1. The Kier molecular flexibility index (Phi) is 7.09. The molecule has 1 aromatic rings. The summed E-state index contributed by atoms with van der Waals surface area (Å²) < 4.78 is 5.41. The average Bonchev–Trinajstić information content (AvgIpc) is 3.13. The maximum atomic E-state index is 11.8. The second kappa shape index (κ2) is 9.75. The van der Waals surface area contributed by atoms with Gasteiger partial charge < -0.3 is 15.0 Å². The Morgan fingerprint density at radius 1 is 1.24 bits per heavy atom. The highest BCUT2D eigenvalue weighted by Gasteiger charge is 2.23. The molecule has 2 N–H and O–H groups in total. The van der Waals surface area contributed by atoms with Gasteiger partial charge in [0, 0.05) is 32.7 Å². The Bertz CT molecular complexity index is 520. The van der Waals surface area contributed by atoms with E-state index in [1.807, 2.05) is 0 Å². The van der Waals surface area contributed by atoms with Gasteiger partial charge in [0.2, 0.25) is 0 Å². The maximum Gasteiger partial charge on any atom is 0.338 e. The number of amides is 2. The summed E-state index contributed by atoms with van der Waals surface area (Å²) in [5, 5.41) is 2.90. The molecule has 25 heavy (non-hydrogen) atoms. The summed E-state index contributed by atoms with van der Waals surface area (Å²) in [6.07, 6.45) is 4.88. The number of likely N-dealkylation sites (tertiary alicyclic amines) is 1. The molecule has 0 bridgehead atoms. The monoisotopic (exact) mass is 347 g/mol. The van der Waals surface area contributed by atoms with Crippen molar-refractivity contribution in [2.24, 2.45) is 5.92 Å². The van der Waals surface area contributed by atoms with Gasteiger partial charge in [-0.15, -0.1) is 0 Å². The molecule has 2 atom stereocenters. The minimum Gasteiger partial charge on any atom is -0.350 e. The van der Waals surface area contributed by atoms with Crippen molar-refractivity contribution in [3.8, 4) is 0 Å². The molecule has 0 radical (unpaired) electrons. The molecular formula is C19H29N3O3. The van der Waals surface area contributed by atoms with E-state index in [0.717, 1.165) is 51.7 Å². The topological polar surface area (TPSA) is 62.8 Å². The highest BCUT2D eigenvalue weighted by Crippen LogP contribution is 2.16. The third-order valence-electron chi connectivity index (χ3n) is 4.90. The predicted molar refractivity (Wildman–Crippen MR) is 95.9 cm³/mol. The first-order valence-electron chi connectivity index (χ1n) is 9.37. The first-order valence-corrected chi connectivity index (χ1v) is 9.37. The van der Waals surface area contributed by atoms with Crippen molar-refractivity contribution in [1.29, 1.82) is 0 Å². The van der Waals surface area contributed by atoms with Gasteiger partial charge in [0.1, 0.15) is 0 Å². The zero-order valence-corrected chi connectivity index (χ0v) is 14.8. The van der Waals surface area contributed by atoms with Gasteiger partial charge in [0.05, 0.1) is 0 Å². The number of ether oxygens (including phenoxy) is 1. The number of hydrogen-bond donors (Lipinski definition) is 2. The predicted octanol–water partition coefficient (Wildman–Crippen LogP) is 2.31. The molecule has 2 heterocycles. The molecule has 3 rings (SSSR count). The van der Waals surface area contributed by atoms with Gasteiger partial charge in [-0.3, -0.25) is 0 Å². The smallest absolute Gasteiger partial charge is 0.338 e. The molecule has 6 nitrogen and oxygen atoms in total. The lowest BCUT2D eigenvalue weighted by molar-refractivity contribution is -0.186. The third-order valence-corrected chi connectivity index (χ3v) is 4.90. The normalized spacial score (nSPS) is 24.2. The minimum absolute atomic E-state index is 0.281. The fourth-order valence-electron chi connectivity index (χ4n) is 3.41. The van der Waals surface area contributed by atoms with E-state index in [0.29, 0.717) is 19.1 Å². The number of urea groups is 1. The van der Waals surface area contributed by atoms with Crippen LogP contribution >= 0.6 is 0 Å². The van der Waals surface area contributed by atoms with E-state index in [-0.39, 0.29) is 12.3 Å². The highest BCUT2D eigenvalue weighted by atomic mass is 16.8. The molecular weight excluding hydrogens is 318 g/mol. The van der Waals surface area contributed by atoms with Gasteiger partial charge in [-0.1, -0.05) is 30.3 Å². The van der Waals surface area contributed by atoms with E-state index in [1.54, 1.807) is 0 Å². The van der Waals surface area contributed by atoms with Crippen molar-refractivity contribution in [2.45, 2.75) is 38.4 Å². The van der Waals surface area contributed by atoms with Crippen LogP contribution in [0.1, 0.15) is 31.2 Å². The standard InChI is InChI=1S/C19H29N3O3/c23-19(21-25-18-8-4-5-13-24-18)20-14-17-10-12-22(15-17)11-9-16-6-2-1-3-7-16/h1-3,6-7,17-18H,4-5,8-15H2,(H2,20,21,23). The number of nitrogens with zero attached hydrogens (tertiary/aromatic N) is 1. The summed E-state index contributed by atoms with van der Waals surface area (Å²) in [7, 11) is 0. The zero-order valence-electron chi connectivity index (χ0n) is 14.8. The van der Waals surface area contributed by atoms with Crippen molar-refractivity contribution < 1.29 is 14.4 Å². The van der Waals surface area contributed by atoms with Crippen LogP contribution in [0.5, 0.6) is 0 Å². The Labute approximate surface area is 149 Å². The van der Waals surface area contributed by atoms with Crippen LogP contribution in [0.3, 0.4) is 0 Å². The van der Waals surface area contributed by atoms with Gasteiger partial charge in [-0.25, -0.2) is 15.1 Å². The van der Waals surface area contributed by atoms with E-state index in [1.165, 1.54) is 5.56 Å². The van der Waals surface area contributed by atoms with Gasteiger partial charge >= 0.3 is 6.03 Å². The van der Waals surface area contributed by atoms with E-state index >= 15 is 0 Å². The average molecular weight is 347 g/mol. The second-order valence-electron chi connectivity index (χ2n) is 6.92. The molecule has 2 fully saturated rings. The fraction of sp³-hybridized carbons (Fsp3) is 0.632. The number of hydrogen-bond acceptors (Lipinski definition) is 4. The molecule has 2 aliphatic rings. The second-order valence-corrected chi connectivity index (χ2v) is 6.92. The molecule has 6 heteroatoms. The highest BCUT2D eigenvalue weighted by molar-refractivity contribution is 5.72. The number of nitrogens with one attached hydrogen (secondary N) is 2. The summed E-state index contributed by atoms with van der Waals surface area (Å²) in [6.45, 7) is 4.61.